The number of carbonyl (C=O) groups is 3. The van der Waals surface area contributed by atoms with Gasteiger partial charge in [-0.05, 0) is 66.5 Å². The van der Waals surface area contributed by atoms with Crippen LogP contribution in [0.25, 0.3) is 10.9 Å². The van der Waals surface area contributed by atoms with Gasteiger partial charge in [0.2, 0.25) is 5.91 Å². The number of nitrogens with zero attached hydrogens (tertiary/aromatic N) is 3. The van der Waals surface area contributed by atoms with Crippen LogP contribution in [0, 0.1) is 0 Å². The van der Waals surface area contributed by atoms with Crippen LogP contribution in [0.15, 0.2) is 60.8 Å². The Morgan fingerprint density at radius 3 is 2.56 bits per heavy atom. The molecule has 0 spiro atoms. The maximum atomic E-state index is 14.1. The molecule has 2 aromatic heterocycles. The molecule has 4 rings (SSSR count). The molecule has 2 heterocycles. The summed E-state index contributed by atoms with van der Waals surface area (Å²) in [6.07, 6.45) is 1.68. The number of methoxy groups -OCH3 is 1. The second-order valence-corrected chi connectivity index (χ2v) is 9.16. The van der Waals surface area contributed by atoms with E-state index in [1.165, 1.54) is 12.0 Å². The summed E-state index contributed by atoms with van der Waals surface area (Å²) in [6.45, 7) is 2.83. The summed E-state index contributed by atoms with van der Waals surface area (Å²) in [6, 6.07) is 14.6. The van der Waals surface area contributed by atoms with Gasteiger partial charge in [0.15, 0.2) is 5.69 Å². The fraction of sp³-hybridized carbons (Fsp3) is 0.222. The van der Waals surface area contributed by atoms with Crippen molar-refractivity contribution in [3.05, 3.63) is 76.9 Å². The summed E-state index contributed by atoms with van der Waals surface area (Å²) in [5.74, 6) is -1.33. The lowest BCUT2D eigenvalue weighted by Gasteiger charge is -2.31. The number of pyridine rings is 1. The Kier molecular flexibility index (Phi) is 8.69. The van der Waals surface area contributed by atoms with Crippen LogP contribution in [-0.2, 0) is 9.53 Å². The summed E-state index contributed by atoms with van der Waals surface area (Å²) >= 11 is 0.742. The highest BCUT2D eigenvalue weighted by Gasteiger charge is 2.36. The second kappa shape index (κ2) is 12.3. The third-order valence-corrected chi connectivity index (χ3v) is 6.71. The van der Waals surface area contributed by atoms with E-state index >= 15 is 0 Å². The molecule has 1 atom stereocenters. The number of rotatable bonds is 11. The molecule has 0 aliphatic rings. The third-order valence-electron chi connectivity index (χ3n) is 5.86. The third kappa shape index (κ3) is 5.97. The van der Waals surface area contributed by atoms with E-state index in [0.29, 0.717) is 23.6 Å². The van der Waals surface area contributed by atoms with E-state index in [4.69, 9.17) is 20.9 Å². The van der Waals surface area contributed by atoms with Crippen LogP contribution in [-0.4, -0.2) is 53.9 Å². The number of nitrogens with one attached hydrogen (secondary N) is 1. The van der Waals surface area contributed by atoms with Crippen molar-refractivity contribution in [3.63, 3.8) is 0 Å². The molecule has 0 fully saturated rings. The molecule has 2 aromatic carbocycles. The number of hydrogen-bond donors (Lipinski definition) is 3. The smallest absolute Gasteiger partial charge is 0.273 e. The molecule has 0 unspecified atom stereocenters. The lowest BCUT2D eigenvalue weighted by molar-refractivity contribution is -0.122. The average Bonchev–Trinajstić information content (AvgIpc) is 3.33. The number of ether oxygens (including phenoxy) is 2. The number of benzene rings is 2. The average molecular weight is 549 g/mol. The van der Waals surface area contributed by atoms with Crippen LogP contribution in [0.4, 0.5) is 11.4 Å². The summed E-state index contributed by atoms with van der Waals surface area (Å²) in [5.41, 5.74) is 12.8. The Bertz CT molecular complexity index is 1490. The molecule has 0 aliphatic heterocycles. The summed E-state index contributed by atoms with van der Waals surface area (Å²) in [4.78, 5) is 45.4. The van der Waals surface area contributed by atoms with Crippen molar-refractivity contribution in [1.29, 1.82) is 0 Å². The maximum Gasteiger partial charge on any atom is 0.273 e. The Labute approximate surface area is 228 Å². The van der Waals surface area contributed by atoms with Gasteiger partial charge in [-0.2, -0.15) is 4.37 Å². The number of nitrogens with two attached hydrogens (primary N) is 2. The van der Waals surface area contributed by atoms with E-state index < -0.39 is 23.8 Å². The van der Waals surface area contributed by atoms with Gasteiger partial charge in [0, 0.05) is 30.9 Å². The lowest BCUT2D eigenvalue weighted by Crippen LogP contribution is -2.44. The highest BCUT2D eigenvalue weighted by atomic mass is 32.1. The Hall–Kier alpha value is -4.55. The highest BCUT2D eigenvalue weighted by Crippen LogP contribution is 2.34. The second-order valence-electron chi connectivity index (χ2n) is 8.38. The topological polar surface area (TPSA) is 163 Å². The number of anilines is 2. The number of aromatic nitrogens is 2. The van der Waals surface area contributed by atoms with Gasteiger partial charge in [-0.25, -0.2) is 0 Å². The summed E-state index contributed by atoms with van der Waals surface area (Å²) < 4.78 is 14.6. The Morgan fingerprint density at radius 2 is 1.90 bits per heavy atom. The molecule has 0 bridgehead atoms. The van der Waals surface area contributed by atoms with E-state index in [1.54, 1.807) is 48.7 Å². The van der Waals surface area contributed by atoms with Crippen molar-refractivity contribution in [2.75, 3.05) is 37.5 Å². The highest BCUT2D eigenvalue weighted by molar-refractivity contribution is 7.09. The van der Waals surface area contributed by atoms with Crippen molar-refractivity contribution in [2.45, 2.75) is 13.0 Å². The minimum Gasteiger partial charge on any atom is -0.494 e. The van der Waals surface area contributed by atoms with Gasteiger partial charge in [-0.3, -0.25) is 24.3 Å². The van der Waals surface area contributed by atoms with Gasteiger partial charge in [-0.15, -0.1) is 0 Å². The number of hydrogen-bond acceptors (Lipinski definition) is 9. The van der Waals surface area contributed by atoms with E-state index in [1.807, 2.05) is 19.1 Å². The number of amides is 3. The fourth-order valence-corrected chi connectivity index (χ4v) is 4.79. The number of primary amides is 1. The van der Waals surface area contributed by atoms with Crippen molar-refractivity contribution >= 4 is 51.5 Å². The van der Waals surface area contributed by atoms with Gasteiger partial charge in [0.1, 0.15) is 16.7 Å². The quantitative estimate of drug-likeness (QED) is 0.241. The van der Waals surface area contributed by atoms with E-state index in [0.717, 1.165) is 22.4 Å². The zero-order valence-corrected chi connectivity index (χ0v) is 22.2. The molecule has 0 saturated carbocycles. The van der Waals surface area contributed by atoms with Crippen molar-refractivity contribution < 1.29 is 23.9 Å². The Morgan fingerprint density at radius 1 is 1.13 bits per heavy atom. The van der Waals surface area contributed by atoms with Crippen molar-refractivity contribution in [1.82, 2.24) is 14.7 Å². The maximum absolute atomic E-state index is 14.1. The first-order valence-electron chi connectivity index (χ1n) is 12.1. The lowest BCUT2D eigenvalue weighted by atomic mass is 10.00. The summed E-state index contributed by atoms with van der Waals surface area (Å²) in [5, 5.41) is 3.63. The van der Waals surface area contributed by atoms with Crippen LogP contribution in [0.3, 0.4) is 0 Å². The van der Waals surface area contributed by atoms with Crippen LogP contribution in [0.1, 0.15) is 38.7 Å². The first-order chi connectivity index (χ1) is 18.8. The van der Waals surface area contributed by atoms with Crippen LogP contribution < -0.4 is 26.4 Å². The Balaban J connectivity index is 1.89. The predicted molar refractivity (Wildman–Crippen MR) is 149 cm³/mol. The van der Waals surface area contributed by atoms with Crippen molar-refractivity contribution in [2.24, 2.45) is 5.73 Å². The molecule has 0 aliphatic carbocycles. The molecule has 5 N–H and O–H groups in total. The molecule has 202 valence electrons. The summed E-state index contributed by atoms with van der Waals surface area (Å²) in [7, 11) is 1.53. The minimum absolute atomic E-state index is 0.0187. The zero-order chi connectivity index (χ0) is 27.9. The van der Waals surface area contributed by atoms with E-state index in [9.17, 15) is 14.4 Å². The molecule has 4 aromatic rings. The van der Waals surface area contributed by atoms with Crippen LogP contribution >= 0.6 is 11.5 Å². The standard InChI is InChI=1S/C27H28N6O5S/c1-3-38-19-9-7-18(8-10-19)33(27(36)24-21(28)22(25(29)34)32-39-24)23(26(35)31-13-14-37-2)17-6-11-20-16(15-17)5-4-12-30-20/h4-12,15,23H,3,13-14,28H2,1-2H3,(H2,29,34)(H,31,35)/t23-/m1/s1. The van der Waals surface area contributed by atoms with Gasteiger partial charge in [0.05, 0.1) is 24.4 Å². The molecule has 39 heavy (non-hydrogen) atoms. The zero-order valence-electron chi connectivity index (χ0n) is 21.4. The van der Waals surface area contributed by atoms with Gasteiger partial charge < -0.3 is 26.3 Å². The fourth-order valence-electron chi connectivity index (χ4n) is 4.05. The first-order valence-corrected chi connectivity index (χ1v) is 12.9. The molecule has 0 saturated heterocycles. The van der Waals surface area contributed by atoms with Gasteiger partial charge in [0.25, 0.3) is 11.8 Å². The molecular weight excluding hydrogens is 520 g/mol. The number of nitrogen functional groups attached to an aromatic ring is 1. The molecular formula is C27H28N6O5S. The minimum atomic E-state index is -1.13. The SMILES string of the molecule is CCOc1ccc(N(C(=O)c2snc(C(N)=O)c2N)[C@@H](C(=O)NCCOC)c2ccc3ncccc3c2)cc1. The number of carbonyl (C=O) groups excluding carboxylic acids is 3. The molecule has 12 heteroatoms. The normalized spacial score (nSPS) is 11.6. The van der Waals surface area contributed by atoms with Crippen LogP contribution in [0.5, 0.6) is 5.75 Å². The van der Waals surface area contributed by atoms with Gasteiger partial charge >= 0.3 is 0 Å². The monoisotopic (exact) mass is 548 g/mol. The molecule has 0 radical (unpaired) electrons. The largest absolute Gasteiger partial charge is 0.494 e. The van der Waals surface area contributed by atoms with Crippen molar-refractivity contribution in [3.8, 4) is 5.75 Å². The van der Waals surface area contributed by atoms with Crippen LogP contribution in [0.2, 0.25) is 0 Å². The number of fused-ring (bicyclic) bond motifs is 1. The first kappa shape index (κ1) is 27.5. The van der Waals surface area contributed by atoms with E-state index in [2.05, 4.69) is 14.7 Å². The van der Waals surface area contributed by atoms with E-state index in [-0.39, 0.29) is 29.4 Å². The van der Waals surface area contributed by atoms with Gasteiger partial charge in [-0.1, -0.05) is 12.1 Å². The molecule has 3 amide bonds. The molecule has 11 nitrogen and oxygen atoms in total. The predicted octanol–water partition coefficient (Wildman–Crippen LogP) is 2.92.